The first kappa shape index (κ1) is 15.2. The Kier molecular flexibility index (Phi) is 5.74. The molecule has 2 rings (SSSR count). The van der Waals surface area contributed by atoms with E-state index >= 15 is 0 Å². The summed E-state index contributed by atoms with van der Waals surface area (Å²) in [6.07, 6.45) is 3.02. The Labute approximate surface area is 128 Å². The van der Waals surface area contributed by atoms with E-state index in [0.717, 1.165) is 24.8 Å². The molecule has 0 aliphatic heterocycles. The SMILES string of the molecule is CNC(CCc1ccccc1)Cc1ccc(F)c(Br)c1. The molecule has 1 nitrogen and oxygen atoms in total. The second kappa shape index (κ2) is 7.55. The maximum absolute atomic E-state index is 13.2. The lowest BCUT2D eigenvalue weighted by atomic mass is 9.99. The first-order valence-corrected chi connectivity index (χ1v) is 7.63. The van der Waals surface area contributed by atoms with Gasteiger partial charge in [0.2, 0.25) is 0 Å². The Hall–Kier alpha value is -1.19. The number of likely N-dealkylation sites (N-methyl/N-ethyl adjacent to an activating group) is 1. The molecule has 2 aromatic rings. The molecule has 0 spiro atoms. The molecule has 0 amide bonds. The normalized spacial score (nSPS) is 12.3. The van der Waals surface area contributed by atoms with Gasteiger partial charge < -0.3 is 5.32 Å². The molecule has 106 valence electrons. The van der Waals surface area contributed by atoms with E-state index in [1.54, 1.807) is 0 Å². The van der Waals surface area contributed by atoms with E-state index < -0.39 is 0 Å². The van der Waals surface area contributed by atoms with Crippen LogP contribution < -0.4 is 5.32 Å². The molecule has 0 radical (unpaired) electrons. The van der Waals surface area contributed by atoms with Gasteiger partial charge in [-0.15, -0.1) is 0 Å². The van der Waals surface area contributed by atoms with Crippen molar-refractivity contribution in [2.24, 2.45) is 0 Å². The minimum atomic E-state index is -0.209. The van der Waals surface area contributed by atoms with Gasteiger partial charge in [0.25, 0.3) is 0 Å². The van der Waals surface area contributed by atoms with Crippen LogP contribution in [0.15, 0.2) is 53.0 Å². The third kappa shape index (κ3) is 4.43. The number of rotatable bonds is 6. The number of halogens is 2. The summed E-state index contributed by atoms with van der Waals surface area (Å²) in [7, 11) is 1.98. The van der Waals surface area contributed by atoms with Gasteiger partial charge in [-0.2, -0.15) is 0 Å². The van der Waals surface area contributed by atoms with Crippen LogP contribution in [0.4, 0.5) is 4.39 Å². The van der Waals surface area contributed by atoms with E-state index in [0.29, 0.717) is 10.5 Å². The van der Waals surface area contributed by atoms with Crippen LogP contribution in [0.1, 0.15) is 17.5 Å². The van der Waals surface area contributed by atoms with E-state index in [9.17, 15) is 4.39 Å². The smallest absolute Gasteiger partial charge is 0.137 e. The van der Waals surface area contributed by atoms with Gasteiger partial charge in [-0.25, -0.2) is 4.39 Å². The average Bonchev–Trinajstić information content (AvgIpc) is 2.48. The Morgan fingerprint density at radius 3 is 2.50 bits per heavy atom. The molecule has 0 saturated heterocycles. The summed E-state index contributed by atoms with van der Waals surface area (Å²) >= 11 is 3.24. The second-order valence-electron chi connectivity index (χ2n) is 4.96. The molecule has 1 unspecified atom stereocenters. The van der Waals surface area contributed by atoms with Gasteiger partial charge >= 0.3 is 0 Å². The largest absolute Gasteiger partial charge is 0.317 e. The van der Waals surface area contributed by atoms with E-state index in [2.05, 4.69) is 45.5 Å². The van der Waals surface area contributed by atoms with Gasteiger partial charge in [0.1, 0.15) is 5.82 Å². The molecule has 0 aliphatic rings. The van der Waals surface area contributed by atoms with Crippen LogP contribution >= 0.6 is 15.9 Å². The summed E-state index contributed by atoms with van der Waals surface area (Å²) in [4.78, 5) is 0. The molecule has 0 heterocycles. The topological polar surface area (TPSA) is 12.0 Å². The molecule has 0 saturated carbocycles. The Bertz CT molecular complexity index is 542. The second-order valence-corrected chi connectivity index (χ2v) is 5.82. The molecule has 20 heavy (non-hydrogen) atoms. The fraction of sp³-hybridized carbons (Fsp3) is 0.294. The summed E-state index contributed by atoms with van der Waals surface area (Å²) in [5, 5.41) is 3.35. The first-order chi connectivity index (χ1) is 9.69. The van der Waals surface area contributed by atoms with Gasteiger partial charge in [0, 0.05) is 6.04 Å². The predicted octanol–water partition coefficient (Wildman–Crippen LogP) is 4.35. The van der Waals surface area contributed by atoms with Crippen molar-refractivity contribution in [1.82, 2.24) is 5.32 Å². The van der Waals surface area contributed by atoms with Crippen molar-refractivity contribution in [3.63, 3.8) is 0 Å². The predicted molar refractivity (Wildman–Crippen MR) is 85.4 cm³/mol. The molecule has 3 heteroatoms. The van der Waals surface area contributed by atoms with Crippen molar-refractivity contribution < 1.29 is 4.39 Å². The molecule has 1 atom stereocenters. The Morgan fingerprint density at radius 2 is 1.85 bits per heavy atom. The third-order valence-corrected chi connectivity index (χ3v) is 4.11. The first-order valence-electron chi connectivity index (χ1n) is 6.84. The summed E-state index contributed by atoms with van der Waals surface area (Å²) in [5.41, 5.74) is 2.50. The highest BCUT2D eigenvalue weighted by atomic mass is 79.9. The summed E-state index contributed by atoms with van der Waals surface area (Å²) in [5.74, 6) is -0.209. The van der Waals surface area contributed by atoms with Gasteiger partial charge in [-0.1, -0.05) is 36.4 Å². The lowest BCUT2D eigenvalue weighted by Crippen LogP contribution is -2.28. The maximum atomic E-state index is 13.2. The van der Waals surface area contributed by atoms with Gasteiger partial charge in [0.15, 0.2) is 0 Å². The Morgan fingerprint density at radius 1 is 1.10 bits per heavy atom. The van der Waals surface area contributed by atoms with Crippen molar-refractivity contribution in [3.8, 4) is 0 Å². The van der Waals surface area contributed by atoms with Crippen LogP contribution in [0.2, 0.25) is 0 Å². The zero-order valence-corrected chi connectivity index (χ0v) is 13.2. The summed E-state index contributed by atoms with van der Waals surface area (Å²) in [6, 6.07) is 16.1. The van der Waals surface area contributed by atoms with Crippen molar-refractivity contribution in [2.75, 3.05) is 7.05 Å². The molecule has 0 bridgehead atoms. The standard InChI is InChI=1S/C17H19BrFN/c1-20-15(9-7-13-5-3-2-4-6-13)11-14-8-10-17(19)16(18)12-14/h2-6,8,10,12,15,20H,7,9,11H2,1H3. The molecule has 2 aromatic carbocycles. The van der Waals surface area contributed by atoms with Crippen LogP contribution in [-0.2, 0) is 12.8 Å². The molecule has 0 aromatic heterocycles. The molecule has 0 aliphatic carbocycles. The summed E-state index contributed by atoms with van der Waals surface area (Å²) < 4.78 is 13.8. The monoisotopic (exact) mass is 335 g/mol. The number of hydrogen-bond acceptors (Lipinski definition) is 1. The highest BCUT2D eigenvalue weighted by Gasteiger charge is 2.09. The fourth-order valence-electron chi connectivity index (χ4n) is 2.29. The van der Waals surface area contributed by atoms with Crippen LogP contribution in [0, 0.1) is 5.82 Å². The van der Waals surface area contributed by atoms with E-state index in [1.807, 2.05) is 25.2 Å². The zero-order chi connectivity index (χ0) is 14.4. The van der Waals surface area contributed by atoms with Crippen molar-refractivity contribution >= 4 is 15.9 Å². The maximum Gasteiger partial charge on any atom is 0.137 e. The lowest BCUT2D eigenvalue weighted by Gasteiger charge is -2.16. The van der Waals surface area contributed by atoms with Crippen LogP contribution in [0.25, 0.3) is 0 Å². The molecular weight excluding hydrogens is 317 g/mol. The van der Waals surface area contributed by atoms with E-state index in [4.69, 9.17) is 0 Å². The van der Waals surface area contributed by atoms with Crippen molar-refractivity contribution in [3.05, 3.63) is 69.9 Å². The highest BCUT2D eigenvalue weighted by molar-refractivity contribution is 9.10. The summed E-state index contributed by atoms with van der Waals surface area (Å²) in [6.45, 7) is 0. The van der Waals surface area contributed by atoms with E-state index in [-0.39, 0.29) is 5.82 Å². The molecule has 1 N–H and O–H groups in total. The molecule has 0 fully saturated rings. The average molecular weight is 336 g/mol. The fourth-order valence-corrected chi connectivity index (χ4v) is 2.71. The van der Waals surface area contributed by atoms with Crippen molar-refractivity contribution in [1.29, 1.82) is 0 Å². The van der Waals surface area contributed by atoms with E-state index in [1.165, 1.54) is 11.6 Å². The number of aryl methyl sites for hydroxylation is 1. The third-order valence-electron chi connectivity index (χ3n) is 3.50. The van der Waals surface area contributed by atoms with Crippen LogP contribution in [0.3, 0.4) is 0 Å². The molecular formula is C17H19BrFN. The lowest BCUT2D eigenvalue weighted by molar-refractivity contribution is 0.519. The number of nitrogens with one attached hydrogen (secondary N) is 1. The zero-order valence-electron chi connectivity index (χ0n) is 11.6. The highest BCUT2D eigenvalue weighted by Crippen LogP contribution is 2.18. The van der Waals surface area contributed by atoms with Crippen molar-refractivity contribution in [2.45, 2.75) is 25.3 Å². The van der Waals surface area contributed by atoms with Crippen LogP contribution in [-0.4, -0.2) is 13.1 Å². The number of hydrogen-bond donors (Lipinski definition) is 1. The van der Waals surface area contributed by atoms with Gasteiger partial charge in [0.05, 0.1) is 4.47 Å². The Balaban J connectivity index is 1.93. The quantitative estimate of drug-likeness (QED) is 0.827. The van der Waals surface area contributed by atoms with Crippen LogP contribution in [0.5, 0.6) is 0 Å². The van der Waals surface area contributed by atoms with Gasteiger partial charge in [-0.05, 0) is 65.5 Å². The number of benzene rings is 2. The minimum absolute atomic E-state index is 0.209. The minimum Gasteiger partial charge on any atom is -0.317 e. The van der Waals surface area contributed by atoms with Gasteiger partial charge in [-0.3, -0.25) is 0 Å².